The molecule has 1 N–H and O–H groups in total. The number of benzene rings is 2. The molecule has 0 aliphatic heterocycles. The fourth-order valence-corrected chi connectivity index (χ4v) is 5.89. The summed E-state index contributed by atoms with van der Waals surface area (Å²) in [5.74, 6) is 0.0854. The first-order chi connectivity index (χ1) is 18.8. The Bertz CT molecular complexity index is 2000. The van der Waals surface area contributed by atoms with Crippen molar-refractivity contribution in [2.24, 2.45) is 0 Å². The highest BCUT2D eigenvalue weighted by molar-refractivity contribution is 7.18. The molecular formula is C28H20ClN5O4S. The lowest BCUT2D eigenvalue weighted by Crippen LogP contribution is -2.26. The van der Waals surface area contributed by atoms with Gasteiger partial charge in [0, 0.05) is 38.0 Å². The molecule has 11 heteroatoms. The second kappa shape index (κ2) is 9.72. The van der Waals surface area contributed by atoms with Gasteiger partial charge >= 0.3 is 5.97 Å². The molecule has 0 bridgehead atoms. The number of carboxylic acids is 1. The number of aromatic nitrogens is 5. The van der Waals surface area contributed by atoms with Crippen molar-refractivity contribution < 1.29 is 14.6 Å². The summed E-state index contributed by atoms with van der Waals surface area (Å²) < 4.78 is 8.51. The number of carbonyl (C=O) groups is 1. The fourth-order valence-electron chi connectivity index (χ4n) is 4.70. The third-order valence-corrected chi connectivity index (χ3v) is 7.76. The van der Waals surface area contributed by atoms with E-state index in [4.69, 9.17) is 21.3 Å². The van der Waals surface area contributed by atoms with Crippen molar-refractivity contribution in [3.05, 3.63) is 86.6 Å². The first-order valence-corrected chi connectivity index (χ1v) is 13.2. The van der Waals surface area contributed by atoms with Gasteiger partial charge in [-0.1, -0.05) is 17.7 Å². The van der Waals surface area contributed by atoms with Gasteiger partial charge in [0.1, 0.15) is 18.2 Å². The lowest BCUT2D eigenvalue weighted by Gasteiger charge is -2.15. The predicted molar refractivity (Wildman–Crippen MR) is 151 cm³/mol. The van der Waals surface area contributed by atoms with E-state index in [9.17, 15) is 14.7 Å². The highest BCUT2D eigenvalue weighted by atomic mass is 35.5. The van der Waals surface area contributed by atoms with Crippen LogP contribution in [0.5, 0.6) is 5.75 Å². The van der Waals surface area contributed by atoms with E-state index in [0.29, 0.717) is 44.3 Å². The number of fused-ring (bicyclic) bond motifs is 4. The molecule has 0 saturated carbocycles. The van der Waals surface area contributed by atoms with Crippen LogP contribution in [0.25, 0.3) is 43.0 Å². The van der Waals surface area contributed by atoms with Crippen molar-refractivity contribution in [2.45, 2.75) is 20.4 Å². The first-order valence-electron chi connectivity index (χ1n) is 12.0. The van der Waals surface area contributed by atoms with Gasteiger partial charge in [0.2, 0.25) is 0 Å². The van der Waals surface area contributed by atoms with Crippen LogP contribution in [-0.4, -0.2) is 42.4 Å². The summed E-state index contributed by atoms with van der Waals surface area (Å²) >= 11 is 7.67. The SMILES string of the molecule is Cc1cc(-c2cc(Cl)ccc2OCCn2c(C)nc3c(ccc4cnncc43)c2=O)c2scc(C(=O)O)c2n1. The number of pyridine rings is 1. The quantitative estimate of drug-likeness (QED) is 0.260. The molecule has 4 aromatic heterocycles. The summed E-state index contributed by atoms with van der Waals surface area (Å²) in [4.78, 5) is 34.2. The number of carboxylic acid groups (broad SMARTS) is 1. The number of thiophene rings is 1. The Labute approximate surface area is 230 Å². The lowest BCUT2D eigenvalue weighted by molar-refractivity contribution is 0.0699. The number of nitrogens with zero attached hydrogens (tertiary/aromatic N) is 5. The summed E-state index contributed by atoms with van der Waals surface area (Å²) in [5, 5.41) is 21.7. The van der Waals surface area contributed by atoms with E-state index < -0.39 is 5.97 Å². The molecule has 2 aromatic carbocycles. The van der Waals surface area contributed by atoms with Gasteiger partial charge < -0.3 is 9.84 Å². The third kappa shape index (κ3) is 4.37. The van der Waals surface area contributed by atoms with E-state index in [0.717, 1.165) is 21.0 Å². The van der Waals surface area contributed by atoms with Gasteiger partial charge in [-0.15, -0.1) is 11.3 Å². The topological polar surface area (TPSA) is 120 Å². The van der Waals surface area contributed by atoms with Crippen LogP contribution in [0, 0.1) is 13.8 Å². The van der Waals surface area contributed by atoms with Crippen LogP contribution in [0.2, 0.25) is 5.02 Å². The van der Waals surface area contributed by atoms with Crippen LogP contribution in [0.15, 0.2) is 59.0 Å². The van der Waals surface area contributed by atoms with Gasteiger partial charge in [0.15, 0.2) is 0 Å². The first kappa shape index (κ1) is 24.9. The molecule has 6 aromatic rings. The van der Waals surface area contributed by atoms with E-state index in [1.165, 1.54) is 11.3 Å². The number of aryl methyl sites for hydroxylation is 2. The van der Waals surface area contributed by atoms with Crippen LogP contribution >= 0.6 is 22.9 Å². The number of halogens is 1. The smallest absolute Gasteiger partial charge is 0.338 e. The Morgan fingerprint density at radius 1 is 1.03 bits per heavy atom. The monoisotopic (exact) mass is 557 g/mol. The summed E-state index contributed by atoms with van der Waals surface area (Å²) in [6, 6.07) is 10.8. The molecule has 0 aliphatic carbocycles. The highest BCUT2D eigenvalue weighted by Gasteiger charge is 2.19. The minimum atomic E-state index is -1.03. The minimum absolute atomic E-state index is 0.155. The van der Waals surface area contributed by atoms with Gasteiger partial charge in [-0.2, -0.15) is 10.2 Å². The molecular weight excluding hydrogens is 538 g/mol. The second-order valence-electron chi connectivity index (χ2n) is 9.00. The van der Waals surface area contributed by atoms with Gasteiger partial charge in [-0.25, -0.2) is 9.78 Å². The van der Waals surface area contributed by atoms with Crippen LogP contribution < -0.4 is 10.3 Å². The Balaban J connectivity index is 1.35. The average Bonchev–Trinajstić information content (AvgIpc) is 3.35. The van der Waals surface area contributed by atoms with E-state index in [1.54, 1.807) is 53.5 Å². The molecule has 0 fully saturated rings. The summed E-state index contributed by atoms with van der Waals surface area (Å²) in [6.45, 7) is 4.07. The van der Waals surface area contributed by atoms with E-state index in [1.807, 2.05) is 19.1 Å². The summed E-state index contributed by atoms with van der Waals surface area (Å²) in [5.41, 5.74) is 3.18. The standard InChI is InChI=1S/C28H20ClN5O4S/c1-14-9-20(26-25(32-14)22(13-39-26)28(36)37)19-10-17(29)4-6-23(19)38-8-7-34-15(2)33-24-18(27(34)35)5-3-16-11-30-31-12-21(16)24/h3-6,9-13H,7-8H2,1-2H3,(H,36,37). The maximum absolute atomic E-state index is 13.4. The van der Waals surface area contributed by atoms with Gasteiger partial charge in [0.25, 0.3) is 5.56 Å². The Morgan fingerprint density at radius 3 is 2.67 bits per heavy atom. The molecule has 6 rings (SSSR count). The molecule has 0 atom stereocenters. The molecule has 0 saturated heterocycles. The Morgan fingerprint density at radius 2 is 1.85 bits per heavy atom. The molecule has 194 valence electrons. The minimum Gasteiger partial charge on any atom is -0.491 e. The summed E-state index contributed by atoms with van der Waals surface area (Å²) in [7, 11) is 0. The van der Waals surface area contributed by atoms with Gasteiger partial charge in [-0.05, 0) is 44.2 Å². The number of ether oxygens (including phenoxy) is 1. The molecule has 0 spiro atoms. The molecule has 0 aliphatic rings. The van der Waals surface area contributed by atoms with Crippen molar-refractivity contribution in [3.8, 4) is 16.9 Å². The molecule has 4 heterocycles. The number of rotatable bonds is 6. The Hall–Kier alpha value is -4.41. The van der Waals surface area contributed by atoms with Crippen molar-refractivity contribution in [2.75, 3.05) is 6.61 Å². The number of hydrogen-bond acceptors (Lipinski definition) is 8. The second-order valence-corrected chi connectivity index (χ2v) is 10.3. The average molecular weight is 558 g/mol. The van der Waals surface area contributed by atoms with Crippen LogP contribution in [0.3, 0.4) is 0 Å². The zero-order chi connectivity index (χ0) is 27.3. The molecule has 39 heavy (non-hydrogen) atoms. The van der Waals surface area contributed by atoms with Gasteiger partial charge in [-0.3, -0.25) is 14.3 Å². The van der Waals surface area contributed by atoms with Crippen molar-refractivity contribution >= 4 is 60.8 Å². The van der Waals surface area contributed by atoms with Crippen LogP contribution in [0.4, 0.5) is 0 Å². The van der Waals surface area contributed by atoms with Crippen molar-refractivity contribution in [1.29, 1.82) is 0 Å². The fraction of sp³-hybridized carbons (Fsp3) is 0.143. The Kier molecular flexibility index (Phi) is 6.20. The zero-order valence-electron chi connectivity index (χ0n) is 20.8. The predicted octanol–water partition coefficient (Wildman–Crippen LogP) is 5.66. The van der Waals surface area contributed by atoms with Crippen LogP contribution in [-0.2, 0) is 6.54 Å². The van der Waals surface area contributed by atoms with E-state index in [2.05, 4.69) is 15.2 Å². The maximum atomic E-state index is 13.4. The van der Waals surface area contributed by atoms with E-state index in [-0.39, 0.29) is 24.3 Å². The van der Waals surface area contributed by atoms with Crippen molar-refractivity contribution in [1.82, 2.24) is 24.7 Å². The maximum Gasteiger partial charge on any atom is 0.338 e. The van der Waals surface area contributed by atoms with E-state index >= 15 is 0 Å². The van der Waals surface area contributed by atoms with Crippen molar-refractivity contribution in [3.63, 3.8) is 0 Å². The largest absolute Gasteiger partial charge is 0.491 e. The lowest BCUT2D eigenvalue weighted by atomic mass is 10.0. The summed E-state index contributed by atoms with van der Waals surface area (Å²) in [6.07, 6.45) is 3.26. The number of aromatic carboxylic acids is 1. The zero-order valence-corrected chi connectivity index (χ0v) is 22.4. The third-order valence-electron chi connectivity index (χ3n) is 6.53. The van der Waals surface area contributed by atoms with Crippen LogP contribution in [0.1, 0.15) is 21.9 Å². The number of hydrogen-bond donors (Lipinski definition) is 1. The molecule has 0 amide bonds. The molecule has 0 radical (unpaired) electrons. The normalized spacial score (nSPS) is 11.5. The molecule has 0 unspecified atom stereocenters. The molecule has 9 nitrogen and oxygen atoms in total. The van der Waals surface area contributed by atoms with Gasteiger partial charge in [0.05, 0.1) is 45.6 Å². The highest BCUT2D eigenvalue weighted by Crippen LogP contribution is 2.40.